The summed E-state index contributed by atoms with van der Waals surface area (Å²) in [5.41, 5.74) is 2.20. The Kier molecular flexibility index (Phi) is 3.97. The molecule has 1 N–H and O–H groups in total. The van der Waals surface area contributed by atoms with E-state index in [0.29, 0.717) is 11.4 Å². The summed E-state index contributed by atoms with van der Waals surface area (Å²) in [7, 11) is -3.35. The van der Waals surface area contributed by atoms with Gasteiger partial charge in [-0.15, -0.1) is 0 Å². The molecule has 3 rings (SSSR count). The zero-order chi connectivity index (χ0) is 14.2. The van der Waals surface area contributed by atoms with Crippen molar-refractivity contribution in [2.75, 3.05) is 29.9 Å². The lowest BCUT2D eigenvalue weighted by Gasteiger charge is -2.32. The van der Waals surface area contributed by atoms with Crippen LogP contribution in [0.25, 0.3) is 0 Å². The van der Waals surface area contributed by atoms with Crippen LogP contribution in [0.4, 0.5) is 5.69 Å². The quantitative estimate of drug-likeness (QED) is 0.909. The van der Waals surface area contributed by atoms with Crippen molar-refractivity contribution in [3.05, 3.63) is 23.8 Å². The Labute approximate surface area is 125 Å². The fraction of sp³-hybridized carbons (Fsp3) is 0.571. The first-order valence-corrected chi connectivity index (χ1v) is 9.65. The molecular formula is C14H20N2O2S2. The van der Waals surface area contributed by atoms with Crippen molar-refractivity contribution in [2.24, 2.45) is 0 Å². The summed E-state index contributed by atoms with van der Waals surface area (Å²) in [5, 5.41) is 3.32. The minimum atomic E-state index is -3.35. The van der Waals surface area contributed by atoms with Gasteiger partial charge in [0.05, 0.1) is 4.90 Å². The van der Waals surface area contributed by atoms with E-state index in [1.807, 2.05) is 30.8 Å². The largest absolute Gasteiger partial charge is 0.385 e. The molecule has 1 atom stereocenters. The number of nitrogens with one attached hydrogen (secondary N) is 1. The summed E-state index contributed by atoms with van der Waals surface area (Å²) < 4.78 is 27.2. The molecule has 0 bridgehead atoms. The van der Waals surface area contributed by atoms with Gasteiger partial charge in [0.25, 0.3) is 0 Å². The Balaban J connectivity index is 1.94. The number of rotatable bonds is 2. The molecule has 0 spiro atoms. The highest BCUT2D eigenvalue weighted by Gasteiger charge is 2.31. The number of aryl methyl sites for hydroxylation is 1. The zero-order valence-corrected chi connectivity index (χ0v) is 13.3. The molecule has 0 aliphatic carbocycles. The van der Waals surface area contributed by atoms with Gasteiger partial charge in [0.1, 0.15) is 0 Å². The molecule has 0 saturated carbocycles. The van der Waals surface area contributed by atoms with Crippen molar-refractivity contribution in [1.29, 1.82) is 0 Å². The number of fused-ring (bicyclic) bond motifs is 1. The zero-order valence-electron chi connectivity index (χ0n) is 11.6. The van der Waals surface area contributed by atoms with Crippen LogP contribution in [0.1, 0.15) is 18.9 Å². The first kappa shape index (κ1) is 14.2. The van der Waals surface area contributed by atoms with Crippen LogP contribution >= 0.6 is 11.8 Å². The predicted molar refractivity (Wildman–Crippen MR) is 83.9 cm³/mol. The summed E-state index contributed by atoms with van der Waals surface area (Å²) >= 11 is 1.82. The highest BCUT2D eigenvalue weighted by molar-refractivity contribution is 7.99. The van der Waals surface area contributed by atoms with Crippen LogP contribution in [0.5, 0.6) is 0 Å². The molecule has 0 aromatic heterocycles. The Morgan fingerprint density at radius 3 is 3.05 bits per heavy atom. The van der Waals surface area contributed by atoms with E-state index >= 15 is 0 Å². The highest BCUT2D eigenvalue weighted by Crippen LogP contribution is 2.29. The molecule has 2 aliphatic heterocycles. The van der Waals surface area contributed by atoms with Crippen molar-refractivity contribution in [3.8, 4) is 0 Å². The summed E-state index contributed by atoms with van der Waals surface area (Å²) in [6.45, 7) is 3.58. The maximum absolute atomic E-state index is 12.8. The summed E-state index contributed by atoms with van der Waals surface area (Å²) in [6, 6.07) is 5.57. The second kappa shape index (κ2) is 5.58. The van der Waals surface area contributed by atoms with Gasteiger partial charge >= 0.3 is 0 Å². The normalized spacial score (nSPS) is 23.9. The third kappa shape index (κ3) is 2.56. The van der Waals surface area contributed by atoms with Crippen molar-refractivity contribution in [3.63, 3.8) is 0 Å². The molecule has 2 heterocycles. The molecule has 0 amide bonds. The lowest BCUT2D eigenvalue weighted by atomic mass is 10.0. The van der Waals surface area contributed by atoms with E-state index in [4.69, 9.17) is 0 Å². The van der Waals surface area contributed by atoms with Crippen molar-refractivity contribution < 1.29 is 8.42 Å². The smallest absolute Gasteiger partial charge is 0.243 e. The Hall–Kier alpha value is -0.720. The minimum absolute atomic E-state index is 0.0768. The second-order valence-electron chi connectivity index (χ2n) is 5.39. The van der Waals surface area contributed by atoms with Gasteiger partial charge in [0.15, 0.2) is 0 Å². The molecule has 6 heteroatoms. The summed E-state index contributed by atoms with van der Waals surface area (Å²) in [4.78, 5) is 0.443. The third-order valence-corrected chi connectivity index (χ3v) is 7.13. The maximum Gasteiger partial charge on any atom is 0.243 e. The van der Waals surface area contributed by atoms with E-state index in [0.717, 1.165) is 42.1 Å². The summed E-state index contributed by atoms with van der Waals surface area (Å²) in [6.07, 6.45) is 2.02. The van der Waals surface area contributed by atoms with E-state index < -0.39 is 10.0 Å². The second-order valence-corrected chi connectivity index (χ2v) is 8.43. The number of nitrogens with zero attached hydrogens (tertiary/aromatic N) is 1. The van der Waals surface area contributed by atoms with Crippen LogP contribution in [-0.4, -0.2) is 43.4 Å². The van der Waals surface area contributed by atoms with Gasteiger partial charge in [-0.2, -0.15) is 16.1 Å². The van der Waals surface area contributed by atoms with Crippen LogP contribution in [0.15, 0.2) is 23.1 Å². The maximum atomic E-state index is 12.8. The molecular weight excluding hydrogens is 292 g/mol. The SMILES string of the molecule is CC1CSCCN1S(=O)(=O)c1ccc2c(c1)CCCN2. The topological polar surface area (TPSA) is 49.4 Å². The molecule has 1 aromatic rings. The van der Waals surface area contributed by atoms with E-state index in [1.165, 1.54) is 0 Å². The van der Waals surface area contributed by atoms with E-state index in [1.54, 1.807) is 10.4 Å². The highest BCUT2D eigenvalue weighted by atomic mass is 32.2. The Morgan fingerprint density at radius 1 is 1.40 bits per heavy atom. The van der Waals surface area contributed by atoms with Crippen LogP contribution in [0, 0.1) is 0 Å². The predicted octanol–water partition coefficient (Wildman–Crippen LogP) is 2.17. The van der Waals surface area contributed by atoms with E-state index in [9.17, 15) is 8.42 Å². The van der Waals surface area contributed by atoms with Crippen LogP contribution < -0.4 is 5.32 Å². The standard InChI is InChI=1S/C14H20N2O2S2/c1-11-10-19-8-7-16(11)20(17,18)13-4-5-14-12(9-13)3-2-6-15-14/h4-5,9,11,15H,2-3,6-8,10H2,1H3. The van der Waals surface area contributed by atoms with Gasteiger partial charge in [-0.25, -0.2) is 8.42 Å². The van der Waals surface area contributed by atoms with Crippen molar-refractivity contribution >= 4 is 27.5 Å². The number of benzene rings is 1. The van der Waals surface area contributed by atoms with Crippen LogP contribution in [0.2, 0.25) is 0 Å². The van der Waals surface area contributed by atoms with Crippen molar-refractivity contribution in [2.45, 2.75) is 30.7 Å². The molecule has 1 fully saturated rings. The lowest BCUT2D eigenvalue weighted by molar-refractivity contribution is 0.367. The van der Waals surface area contributed by atoms with Gasteiger partial charge in [-0.05, 0) is 43.5 Å². The first-order chi connectivity index (χ1) is 9.59. The molecule has 20 heavy (non-hydrogen) atoms. The van der Waals surface area contributed by atoms with E-state index in [-0.39, 0.29) is 6.04 Å². The fourth-order valence-corrected chi connectivity index (χ4v) is 5.72. The molecule has 1 aromatic carbocycles. The Morgan fingerprint density at radius 2 is 2.25 bits per heavy atom. The number of hydrogen-bond donors (Lipinski definition) is 1. The molecule has 110 valence electrons. The molecule has 1 saturated heterocycles. The van der Waals surface area contributed by atoms with Gasteiger partial charge in [0.2, 0.25) is 10.0 Å². The van der Waals surface area contributed by atoms with Crippen LogP contribution in [0.3, 0.4) is 0 Å². The first-order valence-electron chi connectivity index (χ1n) is 7.05. The molecule has 2 aliphatic rings. The number of thioether (sulfide) groups is 1. The molecule has 1 unspecified atom stereocenters. The summed E-state index contributed by atoms with van der Waals surface area (Å²) in [5.74, 6) is 1.77. The van der Waals surface area contributed by atoms with Crippen LogP contribution in [-0.2, 0) is 16.4 Å². The number of anilines is 1. The van der Waals surface area contributed by atoms with Gasteiger partial charge in [0, 0.05) is 36.3 Å². The lowest BCUT2D eigenvalue weighted by Crippen LogP contribution is -2.44. The average Bonchev–Trinajstić information content (AvgIpc) is 2.47. The van der Waals surface area contributed by atoms with Gasteiger partial charge in [-0.1, -0.05) is 0 Å². The number of sulfonamides is 1. The minimum Gasteiger partial charge on any atom is -0.385 e. The monoisotopic (exact) mass is 312 g/mol. The van der Waals surface area contributed by atoms with Crippen molar-refractivity contribution in [1.82, 2.24) is 4.31 Å². The van der Waals surface area contributed by atoms with E-state index in [2.05, 4.69) is 5.32 Å². The molecule has 4 nitrogen and oxygen atoms in total. The fourth-order valence-electron chi connectivity index (χ4n) is 2.82. The molecule has 0 radical (unpaired) electrons. The average molecular weight is 312 g/mol. The third-order valence-electron chi connectivity index (χ3n) is 3.93. The van der Waals surface area contributed by atoms with Gasteiger partial charge < -0.3 is 5.32 Å². The van der Waals surface area contributed by atoms with Gasteiger partial charge in [-0.3, -0.25) is 0 Å². The number of hydrogen-bond acceptors (Lipinski definition) is 4. The Bertz CT molecular complexity index is 601.